The zero-order valence-corrected chi connectivity index (χ0v) is 17.8. The van der Waals surface area contributed by atoms with Crippen LogP contribution in [0.2, 0.25) is 0 Å². The fraction of sp³-hybridized carbons (Fsp3) is 0.143. The minimum atomic E-state index is -4.68. The van der Waals surface area contributed by atoms with E-state index >= 15 is 0 Å². The minimum absolute atomic E-state index is 0.0496. The number of rotatable bonds is 4. The van der Waals surface area contributed by atoms with E-state index in [1.54, 1.807) is 0 Å². The number of methoxy groups -OCH3 is 1. The molecule has 0 amide bonds. The summed E-state index contributed by atoms with van der Waals surface area (Å²) >= 11 is -4.68. The molecule has 0 aliphatic carbocycles. The highest BCUT2D eigenvalue weighted by atomic mass is 27.2. The fourth-order valence-electron chi connectivity index (χ4n) is 3.48. The third-order valence-electron chi connectivity index (χ3n) is 4.98. The van der Waals surface area contributed by atoms with Gasteiger partial charge in [-0.15, -0.1) is 0 Å². The smallest absolute Gasteiger partial charge is 0.413 e. The highest BCUT2D eigenvalue weighted by molar-refractivity contribution is 6.96. The van der Waals surface area contributed by atoms with Crippen molar-refractivity contribution in [1.82, 2.24) is 0 Å². The second-order valence-electron chi connectivity index (χ2n) is 6.97. The Balaban J connectivity index is 2.60. The number of halogens is 9. The Labute approximate surface area is 180 Å². The Kier molecular flexibility index (Phi) is 6.54. The molecule has 0 aromatic heterocycles. The van der Waals surface area contributed by atoms with E-state index in [-0.39, 0.29) is 6.07 Å². The summed E-state index contributed by atoms with van der Waals surface area (Å²) in [5.41, 5.74) is -1.07. The summed E-state index contributed by atoms with van der Waals surface area (Å²) in [6.07, 6.45) is 0. The standard InChI is InChI=1S/C7H4F3O.2C7H4F3.Al/c1-11-7-3-5(9)4(8)2-6(7)10;2*1-4-2-5(8)3-6(9)7(4)10;/h2H,1H3;2*2H,1H3;. The lowest BCUT2D eigenvalue weighted by molar-refractivity contribution is 0.381. The molecular formula is C21H12AlF9O. The molecule has 0 saturated carbocycles. The van der Waals surface area contributed by atoms with Crippen LogP contribution in [0.25, 0.3) is 0 Å². The van der Waals surface area contributed by atoms with Gasteiger partial charge in [0.05, 0.1) is 7.11 Å². The van der Waals surface area contributed by atoms with Crippen LogP contribution in [0, 0.1) is 66.2 Å². The van der Waals surface area contributed by atoms with E-state index in [4.69, 9.17) is 0 Å². The van der Waals surface area contributed by atoms with Crippen LogP contribution in [0.5, 0.6) is 5.75 Å². The van der Waals surface area contributed by atoms with E-state index in [0.29, 0.717) is 12.1 Å². The van der Waals surface area contributed by atoms with Gasteiger partial charge in [0.15, 0.2) is 29.1 Å². The first-order chi connectivity index (χ1) is 14.9. The molecule has 3 aromatic carbocycles. The molecule has 0 radical (unpaired) electrons. The Morgan fingerprint density at radius 3 is 1.38 bits per heavy atom. The largest absolute Gasteiger partial charge is 0.495 e. The van der Waals surface area contributed by atoms with Gasteiger partial charge in [-0.1, -0.05) is 0 Å². The monoisotopic (exact) mass is 478 g/mol. The van der Waals surface area contributed by atoms with Gasteiger partial charge in [-0.25, -0.2) is 39.5 Å². The van der Waals surface area contributed by atoms with Gasteiger partial charge < -0.3 is 4.74 Å². The van der Waals surface area contributed by atoms with Crippen molar-refractivity contribution in [2.24, 2.45) is 0 Å². The fourth-order valence-corrected chi connectivity index (χ4v) is 6.73. The summed E-state index contributed by atoms with van der Waals surface area (Å²) in [5.74, 6) is -16.8. The Bertz CT molecular complexity index is 1180. The molecule has 11 heteroatoms. The van der Waals surface area contributed by atoms with Gasteiger partial charge in [-0.05, 0) is 50.4 Å². The van der Waals surface area contributed by atoms with Gasteiger partial charge in [0, 0.05) is 6.07 Å². The first kappa shape index (κ1) is 24.0. The van der Waals surface area contributed by atoms with Crippen LogP contribution >= 0.6 is 0 Å². The van der Waals surface area contributed by atoms with E-state index < -0.39 is 96.7 Å². The Morgan fingerprint density at radius 2 is 0.969 bits per heavy atom. The van der Waals surface area contributed by atoms with E-state index in [1.165, 1.54) is 0 Å². The third-order valence-corrected chi connectivity index (χ3v) is 8.29. The molecular weight excluding hydrogens is 466 g/mol. The van der Waals surface area contributed by atoms with E-state index in [2.05, 4.69) is 4.74 Å². The van der Waals surface area contributed by atoms with E-state index in [1.807, 2.05) is 0 Å². The number of benzene rings is 3. The lowest BCUT2D eigenvalue weighted by Crippen LogP contribution is -2.59. The van der Waals surface area contributed by atoms with Crippen molar-refractivity contribution in [2.75, 3.05) is 7.11 Å². The van der Waals surface area contributed by atoms with Crippen molar-refractivity contribution in [3.63, 3.8) is 0 Å². The highest BCUT2D eigenvalue weighted by Crippen LogP contribution is 2.23. The second kappa shape index (κ2) is 8.71. The summed E-state index contributed by atoms with van der Waals surface area (Å²) in [6.45, 7) is 1.97. The van der Waals surface area contributed by atoms with Crippen LogP contribution in [0.4, 0.5) is 39.5 Å². The Hall–Kier alpha value is -2.64. The maximum Gasteiger partial charge on any atom is 0.413 e. The SMILES string of the molecule is COc1c(F)cc(F)c(F)[c]1[Al]([c]1c(F)cc(C)c(F)c1F)[c]1c(F)cc(C)c(F)c1F. The summed E-state index contributed by atoms with van der Waals surface area (Å²) in [4.78, 5) is 0. The number of aryl methyl sites for hydroxylation is 2. The molecule has 0 aliphatic heterocycles. The van der Waals surface area contributed by atoms with Crippen LogP contribution in [-0.2, 0) is 0 Å². The molecule has 0 saturated heterocycles. The zero-order chi connectivity index (χ0) is 24.1. The van der Waals surface area contributed by atoms with Crippen molar-refractivity contribution in [2.45, 2.75) is 13.8 Å². The molecule has 3 rings (SSSR count). The lowest BCUT2D eigenvalue weighted by atomic mass is 10.2. The quantitative estimate of drug-likeness (QED) is 0.312. The summed E-state index contributed by atoms with van der Waals surface area (Å²) in [5, 5.41) is 0. The van der Waals surface area contributed by atoms with Crippen LogP contribution in [0.15, 0.2) is 18.2 Å². The average Bonchev–Trinajstić information content (AvgIpc) is 2.72. The zero-order valence-electron chi connectivity index (χ0n) is 16.6. The molecule has 1 nitrogen and oxygen atoms in total. The first-order valence-corrected chi connectivity index (χ1v) is 10.6. The molecule has 0 atom stereocenters. The molecule has 0 aliphatic rings. The topological polar surface area (TPSA) is 9.23 Å². The van der Waals surface area contributed by atoms with Crippen LogP contribution in [0.3, 0.4) is 0 Å². The van der Waals surface area contributed by atoms with Crippen molar-refractivity contribution in [1.29, 1.82) is 0 Å². The predicted molar refractivity (Wildman–Crippen MR) is 99.6 cm³/mol. The molecule has 0 N–H and O–H groups in total. The predicted octanol–water partition coefficient (Wildman–Crippen LogP) is 4.08. The summed E-state index contributed by atoms with van der Waals surface area (Å²) in [7, 11) is 0.787. The summed E-state index contributed by atoms with van der Waals surface area (Å²) in [6, 6.07) is 0.982. The van der Waals surface area contributed by atoms with Crippen LogP contribution < -0.4 is 18.0 Å². The lowest BCUT2D eigenvalue weighted by Gasteiger charge is -2.21. The molecule has 168 valence electrons. The number of hydrogen-bond acceptors (Lipinski definition) is 1. The maximum absolute atomic E-state index is 14.9. The van der Waals surface area contributed by atoms with Crippen molar-refractivity contribution in [3.8, 4) is 5.75 Å². The molecule has 0 bridgehead atoms. The normalized spacial score (nSPS) is 11.1. The van der Waals surface area contributed by atoms with Gasteiger partial charge in [-0.3, -0.25) is 0 Å². The molecule has 0 heterocycles. The molecule has 3 aromatic rings. The maximum atomic E-state index is 14.9. The molecule has 0 spiro atoms. The number of ether oxygens (including phenoxy) is 1. The molecule has 0 fully saturated rings. The van der Waals surface area contributed by atoms with Crippen molar-refractivity contribution < 1.29 is 44.3 Å². The van der Waals surface area contributed by atoms with Gasteiger partial charge in [0.2, 0.25) is 0 Å². The average molecular weight is 478 g/mol. The Morgan fingerprint density at radius 1 is 0.531 bits per heavy atom. The van der Waals surface area contributed by atoms with E-state index in [9.17, 15) is 39.5 Å². The van der Waals surface area contributed by atoms with Crippen LogP contribution in [-0.4, -0.2) is 21.3 Å². The van der Waals surface area contributed by atoms with Gasteiger partial charge in [-0.2, -0.15) is 0 Å². The first-order valence-electron chi connectivity index (χ1n) is 8.91. The molecule has 0 unspecified atom stereocenters. The van der Waals surface area contributed by atoms with Crippen LogP contribution in [0.1, 0.15) is 11.1 Å². The van der Waals surface area contributed by atoms with Gasteiger partial charge in [0.1, 0.15) is 29.0 Å². The number of hydrogen-bond donors (Lipinski definition) is 0. The molecule has 32 heavy (non-hydrogen) atoms. The van der Waals surface area contributed by atoms with Gasteiger partial charge in [0.25, 0.3) is 0 Å². The van der Waals surface area contributed by atoms with Gasteiger partial charge >= 0.3 is 14.1 Å². The van der Waals surface area contributed by atoms with E-state index in [0.717, 1.165) is 21.0 Å². The second-order valence-corrected chi connectivity index (χ2v) is 9.57. The highest BCUT2D eigenvalue weighted by Gasteiger charge is 2.43. The summed E-state index contributed by atoms with van der Waals surface area (Å²) < 4.78 is 132. The minimum Gasteiger partial charge on any atom is -0.495 e. The van der Waals surface area contributed by atoms with Crippen molar-refractivity contribution >= 4 is 27.4 Å². The van der Waals surface area contributed by atoms with Crippen molar-refractivity contribution in [3.05, 3.63) is 81.7 Å². The third kappa shape index (κ3) is 3.73.